The molecule has 1 atom stereocenters. The van der Waals surface area contributed by atoms with Crippen LogP contribution in [0.2, 0.25) is 0 Å². The predicted molar refractivity (Wildman–Crippen MR) is 303 cm³/mol. The number of rotatable bonds is 57. The lowest BCUT2D eigenvalue weighted by atomic mass is 10.0. The fraction of sp³-hybridized carbons (Fsp3) is 0.953. The summed E-state index contributed by atoms with van der Waals surface area (Å²) in [6.07, 6.45) is 59.6. The van der Waals surface area contributed by atoms with E-state index in [1.165, 1.54) is 238 Å². The number of hydrogen-bond acceptors (Lipinski definition) is 6. The Morgan fingerprint density at radius 2 is 0.414 bits per heavy atom. The monoisotopic (exact) mass is 989 g/mol. The van der Waals surface area contributed by atoms with E-state index in [9.17, 15) is 14.4 Å². The van der Waals surface area contributed by atoms with Crippen molar-refractivity contribution in [3.05, 3.63) is 0 Å². The fourth-order valence-corrected chi connectivity index (χ4v) is 9.88. The van der Waals surface area contributed by atoms with Crippen LogP contribution in [0.15, 0.2) is 0 Å². The largest absolute Gasteiger partial charge is 0.462 e. The van der Waals surface area contributed by atoms with Crippen LogP contribution in [0.3, 0.4) is 0 Å². The molecular weight excluding hydrogens is 865 g/mol. The van der Waals surface area contributed by atoms with Crippen LogP contribution in [-0.4, -0.2) is 37.2 Å². The van der Waals surface area contributed by atoms with Gasteiger partial charge in [-0.15, -0.1) is 0 Å². The molecule has 0 aromatic carbocycles. The third kappa shape index (κ3) is 57.3. The summed E-state index contributed by atoms with van der Waals surface area (Å²) in [5.74, 6) is 1.70. The molecule has 70 heavy (non-hydrogen) atoms. The van der Waals surface area contributed by atoms with E-state index in [0.717, 1.165) is 75.5 Å². The first-order chi connectivity index (χ1) is 34.1. The zero-order valence-electron chi connectivity index (χ0n) is 48.3. The summed E-state index contributed by atoms with van der Waals surface area (Å²) >= 11 is 0. The molecule has 0 N–H and O–H groups in total. The number of unbranched alkanes of at least 4 members (excludes halogenated alkanes) is 40. The van der Waals surface area contributed by atoms with E-state index in [4.69, 9.17) is 14.2 Å². The summed E-state index contributed by atoms with van der Waals surface area (Å²) in [6, 6.07) is 0. The molecule has 0 fully saturated rings. The van der Waals surface area contributed by atoms with Gasteiger partial charge >= 0.3 is 17.9 Å². The predicted octanol–water partition coefficient (Wildman–Crippen LogP) is 21.1. The molecule has 0 saturated carbocycles. The molecular formula is C64H124O6. The third-order valence-electron chi connectivity index (χ3n) is 14.6. The van der Waals surface area contributed by atoms with Gasteiger partial charge in [0.1, 0.15) is 13.2 Å². The van der Waals surface area contributed by atoms with Gasteiger partial charge in [-0.3, -0.25) is 14.4 Å². The van der Waals surface area contributed by atoms with Crippen molar-refractivity contribution in [1.82, 2.24) is 0 Å². The maximum absolute atomic E-state index is 12.9. The Hall–Kier alpha value is -1.59. The van der Waals surface area contributed by atoms with E-state index in [-0.39, 0.29) is 31.1 Å². The van der Waals surface area contributed by atoms with Gasteiger partial charge in [0.05, 0.1) is 0 Å². The van der Waals surface area contributed by atoms with E-state index in [0.29, 0.717) is 19.3 Å². The lowest BCUT2D eigenvalue weighted by molar-refractivity contribution is -0.167. The summed E-state index contributed by atoms with van der Waals surface area (Å²) in [7, 11) is 0. The molecule has 0 aliphatic heterocycles. The number of carbonyl (C=O) groups is 3. The highest BCUT2D eigenvalue weighted by Crippen LogP contribution is 2.19. The summed E-state index contributed by atoms with van der Waals surface area (Å²) in [5, 5.41) is 0. The highest BCUT2D eigenvalue weighted by atomic mass is 16.6. The van der Waals surface area contributed by atoms with Gasteiger partial charge < -0.3 is 14.2 Å². The van der Waals surface area contributed by atoms with Gasteiger partial charge in [-0.1, -0.05) is 318 Å². The first-order valence-corrected chi connectivity index (χ1v) is 31.6. The van der Waals surface area contributed by atoms with Crippen molar-refractivity contribution in [2.75, 3.05) is 13.2 Å². The molecule has 0 spiro atoms. The second kappa shape index (κ2) is 55.2. The van der Waals surface area contributed by atoms with Gasteiger partial charge in [0, 0.05) is 19.3 Å². The number of ether oxygens (including phenoxy) is 3. The van der Waals surface area contributed by atoms with Gasteiger partial charge in [-0.05, 0) is 37.0 Å². The standard InChI is InChI=1S/C64H124O6/c1-58(2)50-44-38-32-26-20-14-9-7-8-10-17-23-29-35-41-47-53-62(65)68-56-61(57-69-63(66)54-48-42-36-30-24-19-13-16-22-28-34-40-46-52-60(5)6)70-64(67)55-49-43-37-31-25-18-12-11-15-21-27-33-39-45-51-59(3)4/h58-61H,7-57H2,1-6H3/t61-/m1/s1. The smallest absolute Gasteiger partial charge is 0.306 e. The topological polar surface area (TPSA) is 78.9 Å². The minimum Gasteiger partial charge on any atom is -0.462 e. The normalized spacial score (nSPS) is 12.1. The zero-order valence-corrected chi connectivity index (χ0v) is 48.3. The Kier molecular flexibility index (Phi) is 53.9. The summed E-state index contributed by atoms with van der Waals surface area (Å²) in [6.45, 7) is 13.8. The Bertz CT molecular complexity index is 1090. The SMILES string of the molecule is CC(C)CCCCCCCCCCCCCCCCCCC(=O)OC[C@H](COC(=O)CCCCCCCCCCCCCCCC(C)C)OC(=O)CCCCCCCCCCCCCCCCC(C)C. The molecule has 0 unspecified atom stereocenters. The van der Waals surface area contributed by atoms with E-state index >= 15 is 0 Å². The van der Waals surface area contributed by atoms with Crippen LogP contribution < -0.4 is 0 Å². The van der Waals surface area contributed by atoms with Crippen molar-refractivity contribution >= 4 is 17.9 Å². The third-order valence-corrected chi connectivity index (χ3v) is 14.6. The lowest BCUT2D eigenvalue weighted by Gasteiger charge is -2.18. The molecule has 0 amide bonds. The molecule has 0 saturated heterocycles. The minimum absolute atomic E-state index is 0.0626. The highest BCUT2D eigenvalue weighted by molar-refractivity contribution is 5.71. The van der Waals surface area contributed by atoms with Gasteiger partial charge in [0.15, 0.2) is 6.10 Å². The van der Waals surface area contributed by atoms with Crippen molar-refractivity contribution in [2.24, 2.45) is 17.8 Å². The molecule has 0 aliphatic carbocycles. The molecule has 6 nitrogen and oxygen atoms in total. The molecule has 0 aromatic heterocycles. The lowest BCUT2D eigenvalue weighted by Crippen LogP contribution is -2.30. The maximum Gasteiger partial charge on any atom is 0.306 e. The quantitative estimate of drug-likeness (QED) is 0.0343. The van der Waals surface area contributed by atoms with Gasteiger partial charge in [0.25, 0.3) is 0 Å². The van der Waals surface area contributed by atoms with Crippen molar-refractivity contribution in [3.63, 3.8) is 0 Å². The highest BCUT2D eigenvalue weighted by Gasteiger charge is 2.19. The van der Waals surface area contributed by atoms with E-state index in [1.807, 2.05) is 0 Å². The number of carbonyl (C=O) groups excluding carboxylic acids is 3. The molecule has 0 radical (unpaired) electrons. The fourth-order valence-electron chi connectivity index (χ4n) is 9.88. The summed E-state index contributed by atoms with van der Waals surface area (Å²) in [5.41, 5.74) is 0. The van der Waals surface area contributed by atoms with Crippen molar-refractivity contribution in [2.45, 2.75) is 362 Å². The van der Waals surface area contributed by atoms with Crippen LogP contribution >= 0.6 is 0 Å². The Balaban J connectivity index is 4.29. The molecule has 0 bridgehead atoms. The van der Waals surface area contributed by atoms with Crippen LogP contribution in [0.4, 0.5) is 0 Å². The van der Waals surface area contributed by atoms with Crippen LogP contribution in [0, 0.1) is 17.8 Å². The second-order valence-electron chi connectivity index (χ2n) is 23.5. The summed E-state index contributed by atoms with van der Waals surface area (Å²) in [4.78, 5) is 38.3. The second-order valence-corrected chi connectivity index (χ2v) is 23.5. The zero-order chi connectivity index (χ0) is 51.2. The molecule has 0 aromatic rings. The van der Waals surface area contributed by atoms with E-state index < -0.39 is 6.10 Å². The average molecular weight is 990 g/mol. The molecule has 0 rings (SSSR count). The Morgan fingerprint density at radius 3 is 0.614 bits per heavy atom. The van der Waals surface area contributed by atoms with Crippen molar-refractivity contribution in [3.8, 4) is 0 Å². The van der Waals surface area contributed by atoms with Crippen LogP contribution in [0.1, 0.15) is 356 Å². The first kappa shape index (κ1) is 68.4. The molecule has 416 valence electrons. The minimum atomic E-state index is -0.764. The van der Waals surface area contributed by atoms with Crippen molar-refractivity contribution < 1.29 is 28.6 Å². The van der Waals surface area contributed by atoms with E-state index in [1.54, 1.807) is 0 Å². The molecule has 0 aliphatic rings. The van der Waals surface area contributed by atoms with E-state index in [2.05, 4.69) is 41.5 Å². The number of hydrogen-bond donors (Lipinski definition) is 0. The maximum atomic E-state index is 12.9. The number of esters is 3. The Morgan fingerprint density at radius 1 is 0.243 bits per heavy atom. The van der Waals surface area contributed by atoms with Crippen LogP contribution in [0.5, 0.6) is 0 Å². The van der Waals surface area contributed by atoms with Crippen LogP contribution in [0.25, 0.3) is 0 Å². The van der Waals surface area contributed by atoms with Gasteiger partial charge in [-0.2, -0.15) is 0 Å². The molecule has 6 heteroatoms. The average Bonchev–Trinajstić information content (AvgIpc) is 3.32. The Labute approximate surface area is 438 Å². The molecule has 0 heterocycles. The van der Waals surface area contributed by atoms with Crippen molar-refractivity contribution in [1.29, 1.82) is 0 Å². The first-order valence-electron chi connectivity index (χ1n) is 31.6. The van der Waals surface area contributed by atoms with Crippen LogP contribution in [-0.2, 0) is 28.6 Å². The summed E-state index contributed by atoms with van der Waals surface area (Å²) < 4.78 is 17.0. The van der Waals surface area contributed by atoms with Gasteiger partial charge in [0.2, 0.25) is 0 Å². The van der Waals surface area contributed by atoms with Gasteiger partial charge in [-0.25, -0.2) is 0 Å².